The summed E-state index contributed by atoms with van der Waals surface area (Å²) in [7, 11) is 0. The first-order valence-electron chi connectivity index (χ1n) is 1.53. The smallest absolute Gasteiger partial charge is 0.179 e. The average Bonchev–Trinajstić information content (AvgIpc) is 1.33. The normalized spacial score (nSPS) is 7.71. The maximum atomic E-state index is 7.57. The largest absolute Gasteiger partial charge is 0.397 e. The fourth-order valence-corrected chi connectivity index (χ4v) is 0. The van der Waals surface area contributed by atoms with Crippen LogP contribution in [-0.2, 0) is 0 Å². The molecule has 0 aliphatic carbocycles. The number of rotatable bonds is 0. The van der Waals surface area contributed by atoms with Crippen molar-refractivity contribution < 1.29 is 5.11 Å². The summed E-state index contributed by atoms with van der Waals surface area (Å²) in [5, 5.41) is 7.57. The minimum Gasteiger partial charge on any atom is -0.397 e. The Labute approximate surface area is 58.7 Å². The summed E-state index contributed by atoms with van der Waals surface area (Å²) in [5.41, 5.74) is 0. The predicted molar refractivity (Wildman–Crippen MR) is 37.2 cm³/mol. The third-order valence-corrected chi connectivity index (χ3v) is 0. The van der Waals surface area contributed by atoms with Crippen molar-refractivity contribution in [2.24, 2.45) is 0 Å². The van der Waals surface area contributed by atoms with Crippen molar-refractivity contribution in [3.8, 4) is 0 Å². The highest BCUT2D eigenvalue weighted by molar-refractivity contribution is 8.20. The molecular weight excluding hydrogens is 177 g/mol. The van der Waals surface area contributed by atoms with Gasteiger partial charge in [-0.1, -0.05) is 33.7 Å². The zero-order chi connectivity index (χ0) is 6.28. The molecule has 0 rings (SSSR count). The van der Waals surface area contributed by atoms with Crippen molar-refractivity contribution >= 4 is 39.7 Å². The molecule has 0 bridgehead atoms. The molecule has 0 spiro atoms. The van der Waals surface area contributed by atoms with Crippen LogP contribution in [0.1, 0.15) is 6.92 Å². The van der Waals surface area contributed by atoms with Crippen LogP contribution in [0.25, 0.3) is 0 Å². The average molecular weight is 183 g/mol. The summed E-state index contributed by atoms with van der Waals surface area (Å²) >= 11 is 14.6. The summed E-state index contributed by atoms with van der Waals surface area (Å²) in [6, 6.07) is 0. The first kappa shape index (κ1) is 11.1. The van der Waals surface area contributed by atoms with Crippen molar-refractivity contribution in [2.45, 2.75) is 6.92 Å². The van der Waals surface area contributed by atoms with Gasteiger partial charge < -0.3 is 5.11 Å². The van der Waals surface area contributed by atoms with Crippen molar-refractivity contribution in [1.82, 2.24) is 0 Å². The second kappa shape index (κ2) is 10.3. The summed E-state index contributed by atoms with van der Waals surface area (Å²) in [4.78, 5) is 0. The summed E-state index contributed by atoms with van der Waals surface area (Å²) in [5.74, 6) is -1.20. The molecule has 7 heavy (non-hydrogen) atoms. The highest BCUT2D eigenvalue weighted by atomic mass is 36.0. The molecule has 0 unspecified atom stereocenters. The van der Waals surface area contributed by atoms with E-state index in [2.05, 4.69) is 0 Å². The molecule has 0 aliphatic heterocycles. The van der Waals surface area contributed by atoms with Crippen molar-refractivity contribution in [1.29, 1.82) is 0 Å². The van der Waals surface area contributed by atoms with E-state index < -0.39 is 5.98 Å². The van der Waals surface area contributed by atoms with E-state index in [0.717, 1.165) is 0 Å². The molecule has 1 N–H and O–H groups in total. The first-order chi connectivity index (χ1) is 3.15. The Morgan fingerprint density at radius 1 is 1.43 bits per heavy atom. The Balaban J connectivity index is 0. The van der Waals surface area contributed by atoms with Gasteiger partial charge in [-0.05, 0) is 6.92 Å². The van der Waals surface area contributed by atoms with Gasteiger partial charge in [0, 0.05) is 6.61 Å². The van der Waals surface area contributed by atoms with Crippen LogP contribution in [0.15, 0.2) is 0 Å². The lowest BCUT2D eigenvalue weighted by Gasteiger charge is -1.68. The van der Waals surface area contributed by atoms with Gasteiger partial charge in [0.25, 0.3) is 0 Å². The third kappa shape index (κ3) is 127. The van der Waals surface area contributed by atoms with E-state index in [1.807, 2.05) is 0 Å². The molecule has 0 heterocycles. The van der Waals surface area contributed by atoms with E-state index in [-0.39, 0.29) is 6.61 Å². The van der Waals surface area contributed by atoms with Crippen molar-refractivity contribution in [2.75, 3.05) is 6.61 Å². The minimum absolute atomic E-state index is 0.250. The molecular formula is C2H6Cl3OP. The van der Waals surface area contributed by atoms with Gasteiger partial charge in [-0.15, -0.1) is 0 Å². The van der Waals surface area contributed by atoms with Crippen LogP contribution in [0.4, 0.5) is 0 Å². The van der Waals surface area contributed by atoms with Gasteiger partial charge in [-0.25, -0.2) is 0 Å². The Morgan fingerprint density at radius 3 is 1.43 bits per heavy atom. The standard InChI is InChI=1S/C2H6O.Cl3P/c1-2-3;1-4(2)3/h3H,2H2,1H3;. The van der Waals surface area contributed by atoms with Crippen LogP contribution < -0.4 is 0 Å². The molecule has 0 saturated heterocycles. The van der Waals surface area contributed by atoms with E-state index >= 15 is 0 Å². The Morgan fingerprint density at radius 2 is 1.43 bits per heavy atom. The van der Waals surface area contributed by atoms with Gasteiger partial charge in [0.15, 0.2) is 5.98 Å². The van der Waals surface area contributed by atoms with E-state index in [0.29, 0.717) is 0 Å². The number of halogens is 3. The lowest BCUT2D eigenvalue weighted by molar-refractivity contribution is 0.318. The monoisotopic (exact) mass is 182 g/mol. The topological polar surface area (TPSA) is 20.2 Å². The van der Waals surface area contributed by atoms with Crippen LogP contribution >= 0.6 is 39.7 Å². The van der Waals surface area contributed by atoms with E-state index in [1.165, 1.54) is 0 Å². The zero-order valence-electron chi connectivity index (χ0n) is 3.74. The fraction of sp³-hybridized carbons (Fsp3) is 1.00. The predicted octanol–water partition coefficient (Wildman–Crippen LogP) is 2.93. The molecule has 0 aliphatic rings. The van der Waals surface area contributed by atoms with E-state index in [4.69, 9.17) is 38.8 Å². The van der Waals surface area contributed by atoms with Gasteiger partial charge in [-0.2, -0.15) is 0 Å². The van der Waals surface area contributed by atoms with Gasteiger partial charge in [0.05, 0.1) is 0 Å². The van der Waals surface area contributed by atoms with E-state index in [9.17, 15) is 0 Å². The Hall–Kier alpha value is 1.26. The van der Waals surface area contributed by atoms with E-state index in [1.54, 1.807) is 6.92 Å². The van der Waals surface area contributed by atoms with Crippen LogP contribution in [-0.4, -0.2) is 11.7 Å². The highest BCUT2D eigenvalue weighted by Crippen LogP contribution is 2.51. The molecule has 5 heteroatoms. The molecule has 0 aromatic carbocycles. The molecule has 46 valence electrons. The lowest BCUT2D eigenvalue weighted by atomic mass is 10.9. The van der Waals surface area contributed by atoms with Crippen LogP contribution in [0.5, 0.6) is 0 Å². The van der Waals surface area contributed by atoms with Crippen molar-refractivity contribution in [3.63, 3.8) is 0 Å². The SMILES string of the molecule is CCO.ClP(Cl)Cl. The molecule has 0 amide bonds. The molecule has 0 fully saturated rings. The summed E-state index contributed by atoms with van der Waals surface area (Å²) in [6.45, 7) is 1.93. The van der Waals surface area contributed by atoms with Gasteiger partial charge >= 0.3 is 0 Å². The maximum Gasteiger partial charge on any atom is 0.179 e. The van der Waals surface area contributed by atoms with Crippen LogP contribution in [0.3, 0.4) is 0 Å². The number of hydrogen-bond acceptors (Lipinski definition) is 1. The lowest BCUT2D eigenvalue weighted by Crippen LogP contribution is -1.57. The Bertz CT molecular complexity index is 24.1. The Kier molecular flexibility index (Phi) is 16.3. The number of hydrogen-bond donors (Lipinski definition) is 1. The number of aliphatic hydroxyl groups is 1. The molecule has 0 aromatic rings. The third-order valence-electron chi connectivity index (χ3n) is 0. The van der Waals surface area contributed by atoms with Gasteiger partial charge in [0.2, 0.25) is 0 Å². The molecule has 0 atom stereocenters. The molecule has 0 aromatic heterocycles. The molecule has 0 saturated carbocycles. The first-order valence-corrected chi connectivity index (χ1v) is 5.59. The van der Waals surface area contributed by atoms with Gasteiger partial charge in [-0.3, -0.25) is 0 Å². The maximum absolute atomic E-state index is 7.57. The second-order valence-electron chi connectivity index (χ2n) is 0.508. The number of aliphatic hydroxyl groups excluding tert-OH is 1. The van der Waals surface area contributed by atoms with Gasteiger partial charge in [0.1, 0.15) is 0 Å². The fourth-order valence-electron chi connectivity index (χ4n) is 0. The zero-order valence-corrected chi connectivity index (χ0v) is 6.90. The summed E-state index contributed by atoms with van der Waals surface area (Å²) in [6.07, 6.45) is 0. The molecule has 1 nitrogen and oxygen atoms in total. The highest BCUT2D eigenvalue weighted by Gasteiger charge is 1.80. The van der Waals surface area contributed by atoms with Crippen LogP contribution in [0.2, 0.25) is 0 Å². The minimum atomic E-state index is -1.20. The van der Waals surface area contributed by atoms with Crippen LogP contribution in [0, 0.1) is 0 Å². The summed E-state index contributed by atoms with van der Waals surface area (Å²) < 4.78 is 0. The molecule has 0 radical (unpaired) electrons. The van der Waals surface area contributed by atoms with Crippen molar-refractivity contribution in [3.05, 3.63) is 0 Å². The quantitative estimate of drug-likeness (QED) is 0.573. The second-order valence-corrected chi connectivity index (χ2v) is 5.49.